The van der Waals surface area contributed by atoms with E-state index in [0.717, 1.165) is 35.9 Å². The number of ether oxygens (including phenoxy) is 1. The van der Waals surface area contributed by atoms with Crippen LogP contribution in [0.25, 0.3) is 0 Å². The van der Waals surface area contributed by atoms with Crippen molar-refractivity contribution in [3.63, 3.8) is 0 Å². The van der Waals surface area contributed by atoms with Crippen molar-refractivity contribution in [1.82, 2.24) is 9.97 Å². The second-order valence-corrected chi connectivity index (χ2v) is 4.73. The van der Waals surface area contributed by atoms with E-state index in [9.17, 15) is 0 Å². The van der Waals surface area contributed by atoms with Crippen molar-refractivity contribution in [3.8, 4) is 5.75 Å². The van der Waals surface area contributed by atoms with Gasteiger partial charge < -0.3 is 15.1 Å². The number of hydrogen-bond donors (Lipinski definition) is 2. The molecule has 0 unspecified atom stereocenters. The first-order valence-corrected chi connectivity index (χ1v) is 6.85. The summed E-state index contributed by atoms with van der Waals surface area (Å²) in [6.45, 7) is 2.74. The zero-order chi connectivity index (χ0) is 15.2. The third-order valence-electron chi connectivity index (χ3n) is 3.17. The molecule has 21 heavy (non-hydrogen) atoms. The first-order chi connectivity index (χ1) is 10.2. The number of anilines is 2. The van der Waals surface area contributed by atoms with Crippen LogP contribution < -0.4 is 20.9 Å². The number of benzene rings is 1. The van der Waals surface area contributed by atoms with Crippen molar-refractivity contribution in [2.45, 2.75) is 19.9 Å². The molecule has 1 aromatic heterocycles. The van der Waals surface area contributed by atoms with Crippen molar-refractivity contribution >= 4 is 11.6 Å². The topological polar surface area (TPSA) is 76.3 Å². The van der Waals surface area contributed by atoms with Crippen LogP contribution in [-0.4, -0.2) is 24.1 Å². The number of nitrogens with two attached hydrogens (primary N) is 1. The molecule has 0 radical (unpaired) electrons. The first-order valence-electron chi connectivity index (χ1n) is 6.85. The van der Waals surface area contributed by atoms with E-state index in [2.05, 4.69) is 26.4 Å². The first kappa shape index (κ1) is 15.1. The number of rotatable bonds is 6. The van der Waals surface area contributed by atoms with Gasteiger partial charge in [-0.25, -0.2) is 15.8 Å². The zero-order valence-corrected chi connectivity index (χ0v) is 12.6. The van der Waals surface area contributed by atoms with Crippen LogP contribution in [0.3, 0.4) is 0 Å². The van der Waals surface area contributed by atoms with Gasteiger partial charge in [0.1, 0.15) is 23.2 Å². The van der Waals surface area contributed by atoms with E-state index < -0.39 is 0 Å². The Balaban J connectivity index is 2.20. The third kappa shape index (κ3) is 3.82. The molecule has 2 rings (SSSR count). The average Bonchev–Trinajstić information content (AvgIpc) is 2.54. The van der Waals surface area contributed by atoms with E-state index in [1.807, 2.05) is 38.2 Å². The van der Waals surface area contributed by atoms with E-state index in [-0.39, 0.29) is 0 Å². The molecule has 6 heteroatoms. The minimum absolute atomic E-state index is 0.620. The molecule has 2 aromatic rings. The highest BCUT2D eigenvalue weighted by Gasteiger charge is 2.08. The largest absolute Gasteiger partial charge is 0.497 e. The number of hydrogen-bond acceptors (Lipinski definition) is 6. The Bertz CT molecular complexity index is 580. The van der Waals surface area contributed by atoms with Crippen molar-refractivity contribution in [2.75, 3.05) is 24.5 Å². The highest BCUT2D eigenvalue weighted by molar-refractivity contribution is 5.49. The fraction of sp³-hybridized carbons (Fsp3) is 0.333. The number of hydrazine groups is 1. The summed E-state index contributed by atoms with van der Waals surface area (Å²) < 4.78 is 5.24. The van der Waals surface area contributed by atoms with Crippen LogP contribution in [0, 0.1) is 0 Å². The van der Waals surface area contributed by atoms with Crippen LogP contribution in [0.15, 0.2) is 30.3 Å². The summed E-state index contributed by atoms with van der Waals surface area (Å²) in [5, 5.41) is 0. The number of aryl methyl sites for hydroxylation is 1. The average molecular weight is 287 g/mol. The molecule has 112 valence electrons. The summed E-state index contributed by atoms with van der Waals surface area (Å²) in [6.07, 6.45) is 0.759. The van der Waals surface area contributed by atoms with Gasteiger partial charge in [-0.2, -0.15) is 0 Å². The lowest BCUT2D eigenvalue weighted by Gasteiger charge is -2.19. The van der Waals surface area contributed by atoms with Gasteiger partial charge in [0.25, 0.3) is 0 Å². The Hall–Kier alpha value is -2.34. The van der Waals surface area contributed by atoms with Crippen LogP contribution in [0.2, 0.25) is 0 Å². The number of nitrogens with zero attached hydrogens (tertiary/aromatic N) is 3. The van der Waals surface area contributed by atoms with Gasteiger partial charge in [-0.3, -0.25) is 0 Å². The van der Waals surface area contributed by atoms with Crippen LogP contribution in [0.1, 0.15) is 18.3 Å². The van der Waals surface area contributed by atoms with E-state index in [1.54, 1.807) is 7.11 Å². The third-order valence-corrected chi connectivity index (χ3v) is 3.17. The number of methoxy groups -OCH3 is 1. The number of nitrogens with one attached hydrogen (secondary N) is 1. The van der Waals surface area contributed by atoms with Crippen molar-refractivity contribution in [2.24, 2.45) is 5.84 Å². The summed E-state index contributed by atoms with van der Waals surface area (Å²) in [7, 11) is 3.65. The summed E-state index contributed by atoms with van der Waals surface area (Å²) in [4.78, 5) is 10.9. The highest BCUT2D eigenvalue weighted by atomic mass is 16.5. The molecule has 0 saturated carbocycles. The zero-order valence-electron chi connectivity index (χ0n) is 12.6. The Morgan fingerprint density at radius 1 is 1.29 bits per heavy atom. The second kappa shape index (κ2) is 6.90. The van der Waals surface area contributed by atoms with Crippen molar-refractivity contribution in [3.05, 3.63) is 41.7 Å². The van der Waals surface area contributed by atoms with Crippen LogP contribution >= 0.6 is 0 Å². The van der Waals surface area contributed by atoms with Gasteiger partial charge in [0.05, 0.1) is 7.11 Å². The molecular formula is C15H21N5O. The molecule has 0 saturated heterocycles. The van der Waals surface area contributed by atoms with Gasteiger partial charge in [0, 0.05) is 26.1 Å². The van der Waals surface area contributed by atoms with Gasteiger partial charge in [-0.15, -0.1) is 0 Å². The molecule has 0 fully saturated rings. The smallest absolute Gasteiger partial charge is 0.145 e. The van der Waals surface area contributed by atoms with E-state index in [4.69, 9.17) is 10.6 Å². The monoisotopic (exact) mass is 287 g/mol. The van der Waals surface area contributed by atoms with Gasteiger partial charge >= 0.3 is 0 Å². The lowest BCUT2D eigenvalue weighted by Crippen LogP contribution is -2.20. The summed E-state index contributed by atoms with van der Waals surface area (Å²) in [5.41, 5.74) is 3.73. The Morgan fingerprint density at radius 2 is 2.10 bits per heavy atom. The Morgan fingerprint density at radius 3 is 2.76 bits per heavy atom. The molecule has 0 bridgehead atoms. The molecule has 0 aliphatic heterocycles. The molecule has 0 spiro atoms. The molecule has 1 aromatic carbocycles. The summed E-state index contributed by atoms with van der Waals surface area (Å²) >= 11 is 0. The number of nitrogen functional groups attached to an aromatic ring is 1. The molecule has 0 aliphatic rings. The lowest BCUT2D eigenvalue weighted by molar-refractivity contribution is 0.414. The quantitative estimate of drug-likeness (QED) is 0.625. The predicted octanol–water partition coefficient (Wildman–Crippen LogP) is 1.97. The molecule has 0 aliphatic carbocycles. The maximum Gasteiger partial charge on any atom is 0.145 e. The lowest BCUT2D eigenvalue weighted by atomic mass is 10.2. The standard InChI is InChI=1S/C15H21N5O/c1-4-13-17-14(19-16)9-15(18-13)20(2)10-11-6-5-7-12(8-11)21-3/h5-9H,4,10,16H2,1-3H3,(H,17,18,19). The van der Waals surface area contributed by atoms with E-state index >= 15 is 0 Å². The molecule has 6 nitrogen and oxygen atoms in total. The minimum atomic E-state index is 0.620. The molecular weight excluding hydrogens is 266 g/mol. The van der Waals surface area contributed by atoms with Crippen molar-refractivity contribution in [1.29, 1.82) is 0 Å². The van der Waals surface area contributed by atoms with Crippen LogP contribution in [0.4, 0.5) is 11.6 Å². The normalized spacial score (nSPS) is 10.3. The van der Waals surface area contributed by atoms with E-state index in [0.29, 0.717) is 5.82 Å². The maximum absolute atomic E-state index is 5.46. The van der Waals surface area contributed by atoms with Gasteiger partial charge in [0.2, 0.25) is 0 Å². The predicted molar refractivity (Wildman–Crippen MR) is 84.3 cm³/mol. The summed E-state index contributed by atoms with van der Waals surface area (Å²) in [5.74, 6) is 8.52. The molecule has 1 heterocycles. The van der Waals surface area contributed by atoms with Crippen molar-refractivity contribution < 1.29 is 4.74 Å². The fourth-order valence-corrected chi connectivity index (χ4v) is 2.04. The van der Waals surface area contributed by atoms with Crippen LogP contribution in [-0.2, 0) is 13.0 Å². The van der Waals surface area contributed by atoms with E-state index in [1.165, 1.54) is 0 Å². The highest BCUT2D eigenvalue weighted by Crippen LogP contribution is 2.19. The molecule has 0 atom stereocenters. The Labute approximate surface area is 124 Å². The maximum atomic E-state index is 5.46. The molecule has 3 N–H and O–H groups in total. The van der Waals surface area contributed by atoms with Gasteiger partial charge in [0.15, 0.2) is 0 Å². The summed E-state index contributed by atoms with van der Waals surface area (Å²) in [6, 6.07) is 9.81. The fourth-order valence-electron chi connectivity index (χ4n) is 2.04. The SMILES string of the molecule is CCc1nc(NN)cc(N(C)Cc2cccc(OC)c2)n1. The second-order valence-electron chi connectivity index (χ2n) is 4.73. The minimum Gasteiger partial charge on any atom is -0.497 e. The van der Waals surface area contributed by atoms with Crippen LogP contribution in [0.5, 0.6) is 5.75 Å². The number of aromatic nitrogens is 2. The van der Waals surface area contributed by atoms with Gasteiger partial charge in [-0.05, 0) is 17.7 Å². The Kier molecular flexibility index (Phi) is 4.94. The molecule has 0 amide bonds. The van der Waals surface area contributed by atoms with Gasteiger partial charge in [-0.1, -0.05) is 19.1 Å².